The molecule has 0 aliphatic carbocycles. The second-order valence-corrected chi connectivity index (χ2v) is 5.92. The molecule has 2 heterocycles. The molecular formula is C17H22N4. The molecule has 1 N–H and O–H groups in total. The van der Waals surface area contributed by atoms with Crippen molar-refractivity contribution in [1.82, 2.24) is 9.97 Å². The number of aryl methyl sites for hydroxylation is 1. The molecule has 0 spiro atoms. The second-order valence-electron chi connectivity index (χ2n) is 5.92. The molecule has 110 valence electrons. The Balaban J connectivity index is 1.64. The molecule has 1 aliphatic rings. The summed E-state index contributed by atoms with van der Waals surface area (Å²) >= 11 is 0. The van der Waals surface area contributed by atoms with E-state index in [9.17, 15) is 0 Å². The lowest BCUT2D eigenvalue weighted by atomic mass is 10.1. The number of aromatic nitrogens is 2. The van der Waals surface area contributed by atoms with Crippen molar-refractivity contribution in [3.63, 3.8) is 0 Å². The van der Waals surface area contributed by atoms with E-state index in [0.29, 0.717) is 5.95 Å². The predicted molar refractivity (Wildman–Crippen MR) is 86.5 cm³/mol. The lowest BCUT2D eigenvalue weighted by Crippen LogP contribution is -2.20. The number of rotatable bonds is 4. The zero-order valence-electron chi connectivity index (χ0n) is 12.7. The van der Waals surface area contributed by atoms with Crippen molar-refractivity contribution in [1.29, 1.82) is 0 Å². The van der Waals surface area contributed by atoms with Gasteiger partial charge >= 0.3 is 0 Å². The Bertz CT molecular complexity index is 594. The summed E-state index contributed by atoms with van der Waals surface area (Å²) in [5.41, 5.74) is 2.52. The molecule has 4 heteroatoms. The number of hydrogen-bond donors (Lipinski definition) is 1. The van der Waals surface area contributed by atoms with Crippen LogP contribution in [0, 0.1) is 12.8 Å². The van der Waals surface area contributed by atoms with Crippen LogP contribution in [0.5, 0.6) is 0 Å². The minimum Gasteiger partial charge on any atom is -0.356 e. The molecule has 0 bridgehead atoms. The second kappa shape index (κ2) is 6.12. The van der Waals surface area contributed by atoms with E-state index in [-0.39, 0.29) is 0 Å². The highest BCUT2D eigenvalue weighted by molar-refractivity contribution is 5.43. The maximum Gasteiger partial charge on any atom is 0.224 e. The first kappa shape index (κ1) is 13.9. The van der Waals surface area contributed by atoms with Crippen LogP contribution >= 0.6 is 0 Å². The van der Waals surface area contributed by atoms with Crippen LogP contribution in [0.4, 0.5) is 11.8 Å². The van der Waals surface area contributed by atoms with E-state index in [1.165, 1.54) is 17.5 Å². The molecule has 0 amide bonds. The average Bonchev–Trinajstić information content (AvgIpc) is 2.94. The van der Waals surface area contributed by atoms with Gasteiger partial charge < -0.3 is 10.2 Å². The van der Waals surface area contributed by atoms with Gasteiger partial charge in [0.05, 0.1) is 0 Å². The minimum atomic E-state index is 0.702. The van der Waals surface area contributed by atoms with Crippen LogP contribution in [-0.2, 0) is 6.54 Å². The molecule has 1 aliphatic heterocycles. The summed E-state index contributed by atoms with van der Waals surface area (Å²) in [6.07, 6.45) is 3.08. The van der Waals surface area contributed by atoms with Crippen LogP contribution in [0.3, 0.4) is 0 Å². The van der Waals surface area contributed by atoms with Gasteiger partial charge in [-0.05, 0) is 30.9 Å². The molecule has 3 rings (SSSR count). The molecule has 1 aromatic carbocycles. The van der Waals surface area contributed by atoms with Gasteiger partial charge in [-0.15, -0.1) is 0 Å². The molecule has 4 nitrogen and oxygen atoms in total. The van der Waals surface area contributed by atoms with E-state index in [2.05, 4.69) is 58.3 Å². The summed E-state index contributed by atoms with van der Waals surface area (Å²) in [5, 5.41) is 3.31. The Hall–Kier alpha value is -2.10. The number of nitrogens with zero attached hydrogens (tertiary/aromatic N) is 3. The minimum absolute atomic E-state index is 0.702. The van der Waals surface area contributed by atoms with Gasteiger partial charge in [0.1, 0.15) is 5.82 Å². The Morgan fingerprint density at radius 1 is 1.24 bits per heavy atom. The van der Waals surface area contributed by atoms with Crippen molar-refractivity contribution >= 4 is 11.8 Å². The molecular weight excluding hydrogens is 260 g/mol. The monoisotopic (exact) mass is 282 g/mol. The van der Waals surface area contributed by atoms with E-state index in [1.807, 2.05) is 12.3 Å². The predicted octanol–water partition coefficient (Wildman–Crippen LogP) is 3.24. The molecule has 1 fully saturated rings. The first-order chi connectivity index (χ1) is 10.2. The van der Waals surface area contributed by atoms with Crippen molar-refractivity contribution in [2.24, 2.45) is 5.92 Å². The first-order valence-electron chi connectivity index (χ1n) is 7.58. The third kappa shape index (κ3) is 3.51. The standard InChI is InChI=1S/C17H22N4/c1-13-3-5-15(6-4-13)11-19-17-18-9-7-16(20-17)21-10-8-14(2)12-21/h3-7,9,14H,8,10-12H2,1-2H3,(H,18,19,20)/t14-/m1/s1. The number of nitrogens with one attached hydrogen (secondary N) is 1. The summed E-state index contributed by atoms with van der Waals surface area (Å²) in [5.74, 6) is 2.48. The summed E-state index contributed by atoms with van der Waals surface area (Å²) in [6, 6.07) is 10.5. The zero-order valence-corrected chi connectivity index (χ0v) is 12.7. The van der Waals surface area contributed by atoms with Gasteiger partial charge in [0.15, 0.2) is 0 Å². The molecule has 1 atom stereocenters. The van der Waals surface area contributed by atoms with Gasteiger partial charge in [-0.1, -0.05) is 36.8 Å². The van der Waals surface area contributed by atoms with E-state index in [1.54, 1.807) is 0 Å². The van der Waals surface area contributed by atoms with E-state index in [4.69, 9.17) is 0 Å². The van der Waals surface area contributed by atoms with Gasteiger partial charge in [0, 0.05) is 25.8 Å². The molecule has 2 aromatic rings. The molecule has 21 heavy (non-hydrogen) atoms. The zero-order chi connectivity index (χ0) is 14.7. The molecule has 1 saturated heterocycles. The number of benzene rings is 1. The molecule has 0 unspecified atom stereocenters. The molecule has 0 radical (unpaired) electrons. The third-order valence-corrected chi connectivity index (χ3v) is 3.96. The number of anilines is 2. The molecule has 1 aromatic heterocycles. The maximum absolute atomic E-state index is 4.63. The van der Waals surface area contributed by atoms with Gasteiger partial charge in [0.25, 0.3) is 0 Å². The Morgan fingerprint density at radius 3 is 2.76 bits per heavy atom. The number of hydrogen-bond acceptors (Lipinski definition) is 4. The van der Waals surface area contributed by atoms with Crippen LogP contribution < -0.4 is 10.2 Å². The van der Waals surface area contributed by atoms with Crippen LogP contribution in [0.15, 0.2) is 36.5 Å². The van der Waals surface area contributed by atoms with Crippen molar-refractivity contribution < 1.29 is 0 Å². The summed E-state index contributed by atoms with van der Waals surface area (Å²) in [6.45, 7) is 7.32. The van der Waals surface area contributed by atoms with Gasteiger partial charge in [0.2, 0.25) is 5.95 Å². The van der Waals surface area contributed by atoms with Gasteiger partial charge in [-0.25, -0.2) is 4.98 Å². The third-order valence-electron chi connectivity index (χ3n) is 3.96. The highest BCUT2D eigenvalue weighted by Gasteiger charge is 2.19. The fraction of sp³-hybridized carbons (Fsp3) is 0.412. The van der Waals surface area contributed by atoms with E-state index < -0.39 is 0 Å². The van der Waals surface area contributed by atoms with Crippen LogP contribution in [0.1, 0.15) is 24.5 Å². The van der Waals surface area contributed by atoms with Crippen LogP contribution in [-0.4, -0.2) is 23.1 Å². The van der Waals surface area contributed by atoms with E-state index in [0.717, 1.165) is 31.4 Å². The van der Waals surface area contributed by atoms with Crippen molar-refractivity contribution in [2.45, 2.75) is 26.8 Å². The average molecular weight is 282 g/mol. The van der Waals surface area contributed by atoms with E-state index >= 15 is 0 Å². The largest absolute Gasteiger partial charge is 0.356 e. The Labute approximate surface area is 126 Å². The molecule has 0 saturated carbocycles. The van der Waals surface area contributed by atoms with Crippen LogP contribution in [0.2, 0.25) is 0 Å². The first-order valence-corrected chi connectivity index (χ1v) is 7.58. The van der Waals surface area contributed by atoms with Crippen LogP contribution in [0.25, 0.3) is 0 Å². The van der Waals surface area contributed by atoms with Crippen molar-refractivity contribution in [2.75, 3.05) is 23.3 Å². The smallest absolute Gasteiger partial charge is 0.224 e. The van der Waals surface area contributed by atoms with Gasteiger partial charge in [-0.3, -0.25) is 0 Å². The summed E-state index contributed by atoms with van der Waals surface area (Å²) in [7, 11) is 0. The fourth-order valence-corrected chi connectivity index (χ4v) is 2.64. The van der Waals surface area contributed by atoms with Crippen molar-refractivity contribution in [3.8, 4) is 0 Å². The lowest BCUT2D eigenvalue weighted by molar-refractivity contribution is 0.659. The summed E-state index contributed by atoms with van der Waals surface area (Å²) in [4.78, 5) is 11.3. The fourth-order valence-electron chi connectivity index (χ4n) is 2.64. The highest BCUT2D eigenvalue weighted by atomic mass is 15.2. The summed E-state index contributed by atoms with van der Waals surface area (Å²) < 4.78 is 0. The SMILES string of the molecule is Cc1ccc(CNc2nccc(N3CC[C@@H](C)C3)n2)cc1. The Kier molecular flexibility index (Phi) is 4.04. The topological polar surface area (TPSA) is 41.1 Å². The van der Waals surface area contributed by atoms with Gasteiger partial charge in [-0.2, -0.15) is 4.98 Å². The quantitative estimate of drug-likeness (QED) is 0.934. The highest BCUT2D eigenvalue weighted by Crippen LogP contribution is 2.22. The Morgan fingerprint density at radius 2 is 2.05 bits per heavy atom. The maximum atomic E-state index is 4.63. The van der Waals surface area contributed by atoms with Crippen molar-refractivity contribution in [3.05, 3.63) is 47.7 Å². The lowest BCUT2D eigenvalue weighted by Gasteiger charge is -2.17. The normalized spacial score (nSPS) is 18.0.